The van der Waals surface area contributed by atoms with Gasteiger partial charge in [-0.1, -0.05) is 29.8 Å². The van der Waals surface area contributed by atoms with Gasteiger partial charge in [-0.3, -0.25) is 4.21 Å². The van der Waals surface area contributed by atoms with Gasteiger partial charge in [-0.05, 0) is 54.6 Å². The molecule has 0 saturated heterocycles. The van der Waals surface area contributed by atoms with E-state index in [9.17, 15) is 13.0 Å². The summed E-state index contributed by atoms with van der Waals surface area (Å²) in [6.07, 6.45) is 0. The van der Waals surface area contributed by atoms with Crippen LogP contribution in [-0.4, -0.2) is 4.21 Å². The topological polar surface area (TPSA) is 17.1 Å². The van der Waals surface area contributed by atoms with Crippen molar-refractivity contribution in [2.45, 2.75) is 14.4 Å². The molecule has 0 spiro atoms. The molecule has 0 heterocycles. The van der Waals surface area contributed by atoms with Crippen LogP contribution in [0.5, 0.6) is 0 Å². The average molecular weight is 395 g/mol. The van der Waals surface area contributed by atoms with Gasteiger partial charge in [0.25, 0.3) is 0 Å². The molecular formula is C19H13ClF2OS2. The lowest BCUT2D eigenvalue weighted by atomic mass is 10.2. The van der Waals surface area contributed by atoms with Crippen molar-refractivity contribution >= 4 is 34.2 Å². The van der Waals surface area contributed by atoms with E-state index in [1.807, 2.05) is 30.3 Å². The van der Waals surface area contributed by atoms with E-state index in [0.717, 1.165) is 23.1 Å². The zero-order valence-corrected chi connectivity index (χ0v) is 15.3. The molecule has 2 unspecified atom stereocenters. The molecule has 6 heteroatoms. The molecule has 0 fully saturated rings. The Morgan fingerprint density at radius 2 is 1.60 bits per heavy atom. The van der Waals surface area contributed by atoms with Crippen LogP contribution in [-0.2, 0) is 10.8 Å². The summed E-state index contributed by atoms with van der Waals surface area (Å²) in [6, 6.07) is 18.9. The number of rotatable bonds is 5. The number of hydrogen-bond acceptors (Lipinski definition) is 2. The van der Waals surface area contributed by atoms with Crippen molar-refractivity contribution in [2.24, 2.45) is 0 Å². The van der Waals surface area contributed by atoms with Crippen molar-refractivity contribution in [3.8, 4) is 0 Å². The number of benzene rings is 3. The highest BCUT2D eigenvalue weighted by atomic mass is 35.5. The highest BCUT2D eigenvalue weighted by molar-refractivity contribution is 8.10. The van der Waals surface area contributed by atoms with Crippen LogP contribution in [0, 0.1) is 11.6 Å². The summed E-state index contributed by atoms with van der Waals surface area (Å²) >= 11 is 7.11. The Kier molecular flexibility index (Phi) is 5.89. The minimum atomic E-state index is -1.60. The van der Waals surface area contributed by atoms with Crippen LogP contribution in [0.3, 0.4) is 0 Å². The first-order valence-corrected chi connectivity index (χ1v) is 9.84. The van der Waals surface area contributed by atoms with Crippen molar-refractivity contribution in [2.75, 3.05) is 0 Å². The monoisotopic (exact) mass is 394 g/mol. The minimum Gasteiger partial charge on any atom is -0.253 e. The molecule has 0 saturated carbocycles. The summed E-state index contributed by atoms with van der Waals surface area (Å²) < 4.78 is 40.3. The second kappa shape index (κ2) is 8.13. The molecule has 128 valence electrons. The van der Waals surface area contributed by atoms with E-state index in [1.54, 1.807) is 24.3 Å². The van der Waals surface area contributed by atoms with Crippen LogP contribution < -0.4 is 0 Å². The van der Waals surface area contributed by atoms with E-state index in [1.165, 1.54) is 11.8 Å². The minimum absolute atomic E-state index is 0.0714. The summed E-state index contributed by atoms with van der Waals surface area (Å²) in [4.78, 5) is 1.32. The molecule has 0 radical (unpaired) electrons. The van der Waals surface area contributed by atoms with Crippen LogP contribution in [0.25, 0.3) is 0 Å². The summed E-state index contributed by atoms with van der Waals surface area (Å²) in [7, 11) is -1.60. The van der Waals surface area contributed by atoms with Gasteiger partial charge in [-0.15, -0.1) is 11.8 Å². The second-order valence-corrected chi connectivity index (χ2v) is 8.63. The first-order chi connectivity index (χ1) is 12.0. The maximum atomic E-state index is 14.3. The fourth-order valence-electron chi connectivity index (χ4n) is 2.23. The third-order valence-electron chi connectivity index (χ3n) is 3.44. The van der Waals surface area contributed by atoms with Crippen LogP contribution in [0.15, 0.2) is 82.6 Å². The van der Waals surface area contributed by atoms with Crippen molar-refractivity contribution in [3.63, 3.8) is 0 Å². The summed E-state index contributed by atoms with van der Waals surface area (Å²) in [6.45, 7) is 0. The SMILES string of the molecule is O=S(c1ccc(Cl)cc1)C(Sc1ccccc1)c1cc(F)ccc1F. The first kappa shape index (κ1) is 18.1. The molecule has 0 amide bonds. The summed E-state index contributed by atoms with van der Waals surface area (Å²) in [5, 5.41) is 0.518. The third kappa shape index (κ3) is 4.48. The largest absolute Gasteiger partial charge is 0.253 e. The third-order valence-corrected chi connectivity index (χ3v) is 6.90. The Labute approximate surface area is 156 Å². The van der Waals surface area contributed by atoms with E-state index in [4.69, 9.17) is 11.6 Å². The lowest BCUT2D eigenvalue weighted by molar-refractivity contribution is 0.589. The number of halogens is 3. The molecule has 0 bridgehead atoms. The van der Waals surface area contributed by atoms with Crippen LogP contribution >= 0.6 is 23.4 Å². The molecule has 0 aliphatic heterocycles. The van der Waals surface area contributed by atoms with Gasteiger partial charge in [0.1, 0.15) is 16.2 Å². The fourth-order valence-corrected chi connectivity index (χ4v) is 5.31. The quantitative estimate of drug-likeness (QED) is 0.478. The Morgan fingerprint density at radius 1 is 0.920 bits per heavy atom. The predicted molar refractivity (Wildman–Crippen MR) is 99.3 cm³/mol. The van der Waals surface area contributed by atoms with Gasteiger partial charge in [-0.25, -0.2) is 8.78 Å². The lowest BCUT2D eigenvalue weighted by Gasteiger charge is -2.18. The average Bonchev–Trinajstić information content (AvgIpc) is 2.63. The molecular weight excluding hydrogens is 382 g/mol. The first-order valence-electron chi connectivity index (χ1n) is 7.37. The van der Waals surface area contributed by atoms with Gasteiger partial charge < -0.3 is 0 Å². The van der Waals surface area contributed by atoms with Crippen molar-refractivity contribution < 1.29 is 13.0 Å². The Balaban J connectivity index is 2.03. The molecule has 3 aromatic rings. The molecule has 3 rings (SSSR count). The van der Waals surface area contributed by atoms with Crippen LogP contribution in [0.4, 0.5) is 8.78 Å². The lowest BCUT2D eigenvalue weighted by Crippen LogP contribution is -2.06. The van der Waals surface area contributed by atoms with Gasteiger partial charge in [-0.2, -0.15) is 0 Å². The maximum absolute atomic E-state index is 14.3. The van der Waals surface area contributed by atoms with E-state index < -0.39 is 27.0 Å². The molecule has 3 aromatic carbocycles. The second-order valence-electron chi connectivity index (χ2n) is 5.18. The van der Waals surface area contributed by atoms with Gasteiger partial charge in [0.05, 0.1) is 10.8 Å². The summed E-state index contributed by atoms with van der Waals surface area (Å²) in [5.74, 6) is -1.15. The Hall–Kier alpha value is -1.69. The van der Waals surface area contributed by atoms with Gasteiger partial charge >= 0.3 is 0 Å². The Morgan fingerprint density at radius 3 is 2.28 bits per heavy atom. The predicted octanol–water partition coefficient (Wildman–Crippen LogP) is 6.22. The standard InChI is InChI=1S/C19H13ClF2OS2/c20-13-6-9-16(10-7-13)25(23)19(24-15-4-2-1-3-5-15)17-12-14(21)8-11-18(17)22/h1-12,19H. The zero-order valence-electron chi connectivity index (χ0n) is 12.9. The molecule has 0 N–H and O–H groups in total. The molecule has 0 aromatic heterocycles. The highest BCUT2D eigenvalue weighted by Gasteiger charge is 2.25. The van der Waals surface area contributed by atoms with E-state index in [-0.39, 0.29) is 5.56 Å². The van der Waals surface area contributed by atoms with Crippen molar-refractivity contribution in [3.05, 3.63) is 95.0 Å². The zero-order chi connectivity index (χ0) is 17.8. The maximum Gasteiger partial charge on any atom is 0.128 e. The molecule has 25 heavy (non-hydrogen) atoms. The molecule has 2 atom stereocenters. The van der Waals surface area contributed by atoms with Gasteiger partial charge in [0.2, 0.25) is 0 Å². The normalized spacial score (nSPS) is 13.4. The molecule has 0 aliphatic carbocycles. The molecule has 0 aliphatic rings. The Bertz CT molecular complexity index is 886. The van der Waals surface area contributed by atoms with E-state index in [0.29, 0.717) is 9.92 Å². The molecule has 1 nitrogen and oxygen atoms in total. The van der Waals surface area contributed by atoms with Crippen molar-refractivity contribution in [1.29, 1.82) is 0 Å². The van der Waals surface area contributed by atoms with E-state index >= 15 is 0 Å². The van der Waals surface area contributed by atoms with Gasteiger partial charge in [0.15, 0.2) is 0 Å². The van der Waals surface area contributed by atoms with Crippen molar-refractivity contribution in [1.82, 2.24) is 0 Å². The highest BCUT2D eigenvalue weighted by Crippen LogP contribution is 2.41. The van der Waals surface area contributed by atoms with Gasteiger partial charge in [0, 0.05) is 20.4 Å². The number of hydrogen-bond donors (Lipinski definition) is 0. The van der Waals surface area contributed by atoms with Crippen LogP contribution in [0.1, 0.15) is 10.1 Å². The smallest absolute Gasteiger partial charge is 0.128 e. The number of thioether (sulfide) groups is 1. The summed E-state index contributed by atoms with van der Waals surface area (Å²) in [5.41, 5.74) is 0.0714. The fraction of sp³-hybridized carbons (Fsp3) is 0.0526. The van der Waals surface area contributed by atoms with E-state index in [2.05, 4.69) is 0 Å². The van der Waals surface area contributed by atoms with Crippen LogP contribution in [0.2, 0.25) is 5.02 Å².